The third kappa shape index (κ3) is 4.54. The summed E-state index contributed by atoms with van der Waals surface area (Å²) < 4.78 is 28.8. The molecule has 0 bridgehead atoms. The van der Waals surface area contributed by atoms with Crippen molar-refractivity contribution in [1.82, 2.24) is 23.8 Å². The van der Waals surface area contributed by atoms with Crippen molar-refractivity contribution in [1.29, 1.82) is 0 Å². The standard InChI is InChI=1S/C24H25N5O3S2/c1-17-6-8-21(9-7-17)34(31,32)28-12-10-27(11-13-28)16-20-15-22(30)29-24(25-20)33-23(26-29)19-5-3-4-18(2)14-19/h3-9,14-15H,10-13,16H2,1-2H3. The van der Waals surface area contributed by atoms with Gasteiger partial charge in [-0.15, -0.1) is 0 Å². The third-order valence-corrected chi connectivity index (χ3v) is 8.81. The van der Waals surface area contributed by atoms with Gasteiger partial charge >= 0.3 is 0 Å². The molecule has 0 saturated carbocycles. The molecule has 0 radical (unpaired) electrons. The third-order valence-electron chi connectivity index (χ3n) is 5.94. The molecule has 0 amide bonds. The Hall–Kier alpha value is -2.92. The molecule has 4 aromatic rings. The Morgan fingerprint density at radius 1 is 0.941 bits per heavy atom. The molecule has 1 saturated heterocycles. The molecule has 0 N–H and O–H groups in total. The summed E-state index contributed by atoms with van der Waals surface area (Å²) in [6.45, 7) is 6.38. The summed E-state index contributed by atoms with van der Waals surface area (Å²) in [5.74, 6) is 0. The van der Waals surface area contributed by atoms with Gasteiger partial charge < -0.3 is 0 Å². The fraction of sp³-hybridized carbons (Fsp3) is 0.292. The van der Waals surface area contributed by atoms with Crippen molar-refractivity contribution in [3.05, 3.63) is 81.8 Å². The highest BCUT2D eigenvalue weighted by Gasteiger charge is 2.28. The van der Waals surface area contributed by atoms with Gasteiger partial charge in [-0.2, -0.15) is 13.9 Å². The molecule has 1 aliphatic heterocycles. The quantitative estimate of drug-likeness (QED) is 0.423. The Bertz CT molecular complexity index is 1500. The maximum atomic E-state index is 12.9. The van der Waals surface area contributed by atoms with Crippen LogP contribution >= 0.6 is 11.3 Å². The number of sulfonamides is 1. The van der Waals surface area contributed by atoms with Gasteiger partial charge in [-0.25, -0.2) is 13.4 Å². The van der Waals surface area contributed by atoms with Crippen LogP contribution in [-0.2, 0) is 16.6 Å². The number of aryl methyl sites for hydroxylation is 2. The number of fused-ring (bicyclic) bond motifs is 1. The van der Waals surface area contributed by atoms with Crippen molar-refractivity contribution in [2.24, 2.45) is 0 Å². The van der Waals surface area contributed by atoms with Crippen LogP contribution in [-0.4, -0.2) is 58.4 Å². The first-order chi connectivity index (χ1) is 16.3. The first-order valence-electron chi connectivity index (χ1n) is 11.1. The van der Waals surface area contributed by atoms with E-state index < -0.39 is 10.0 Å². The minimum atomic E-state index is -3.51. The van der Waals surface area contributed by atoms with Crippen LogP contribution in [0, 0.1) is 13.8 Å². The van der Waals surface area contributed by atoms with E-state index in [2.05, 4.69) is 15.0 Å². The van der Waals surface area contributed by atoms with Crippen LogP contribution in [0.1, 0.15) is 16.8 Å². The molecule has 0 spiro atoms. The second-order valence-electron chi connectivity index (χ2n) is 8.55. The van der Waals surface area contributed by atoms with Crippen LogP contribution in [0.25, 0.3) is 15.5 Å². The van der Waals surface area contributed by atoms with Gasteiger partial charge in [0.25, 0.3) is 5.56 Å². The van der Waals surface area contributed by atoms with Gasteiger partial charge in [-0.3, -0.25) is 9.69 Å². The van der Waals surface area contributed by atoms with E-state index in [4.69, 9.17) is 0 Å². The average molecular weight is 496 g/mol. The predicted octanol–water partition coefficient (Wildman–Crippen LogP) is 2.94. The molecule has 34 heavy (non-hydrogen) atoms. The fourth-order valence-corrected chi connectivity index (χ4v) is 6.39. The predicted molar refractivity (Wildman–Crippen MR) is 133 cm³/mol. The van der Waals surface area contributed by atoms with E-state index in [9.17, 15) is 13.2 Å². The average Bonchev–Trinajstić information content (AvgIpc) is 3.25. The molecule has 176 valence electrons. The second-order valence-corrected chi connectivity index (χ2v) is 11.4. The SMILES string of the molecule is Cc1ccc(S(=O)(=O)N2CCN(Cc3cc(=O)n4nc(-c5cccc(C)c5)sc4n3)CC2)cc1. The molecule has 3 heterocycles. The topological polar surface area (TPSA) is 87.9 Å². The largest absolute Gasteiger partial charge is 0.295 e. The first kappa shape index (κ1) is 22.9. The van der Waals surface area contributed by atoms with Gasteiger partial charge in [0.1, 0.15) is 5.01 Å². The smallest absolute Gasteiger partial charge is 0.275 e. The van der Waals surface area contributed by atoms with Crippen LogP contribution in [0.4, 0.5) is 0 Å². The van der Waals surface area contributed by atoms with Crippen LogP contribution in [0.5, 0.6) is 0 Å². The summed E-state index contributed by atoms with van der Waals surface area (Å²) in [6, 6.07) is 16.5. The zero-order valence-electron chi connectivity index (χ0n) is 19.0. The number of rotatable bonds is 5. The maximum Gasteiger partial charge on any atom is 0.275 e. The Kier molecular flexibility index (Phi) is 6.07. The van der Waals surface area contributed by atoms with Gasteiger partial charge in [-0.05, 0) is 32.0 Å². The molecule has 10 heteroatoms. The molecule has 2 aromatic heterocycles. The van der Waals surface area contributed by atoms with E-state index >= 15 is 0 Å². The van der Waals surface area contributed by atoms with Crippen molar-refractivity contribution in [3.8, 4) is 10.6 Å². The lowest BCUT2D eigenvalue weighted by atomic mass is 10.1. The highest BCUT2D eigenvalue weighted by atomic mass is 32.2. The molecule has 0 aliphatic carbocycles. The van der Waals surface area contributed by atoms with Gasteiger partial charge in [0.05, 0.1) is 10.6 Å². The maximum absolute atomic E-state index is 12.9. The van der Waals surface area contributed by atoms with Gasteiger partial charge in [0.2, 0.25) is 15.0 Å². The minimum absolute atomic E-state index is 0.212. The highest BCUT2D eigenvalue weighted by molar-refractivity contribution is 7.89. The summed E-state index contributed by atoms with van der Waals surface area (Å²) in [6.07, 6.45) is 0. The Balaban J connectivity index is 1.30. The van der Waals surface area contributed by atoms with Gasteiger partial charge in [-0.1, -0.05) is 52.8 Å². The van der Waals surface area contributed by atoms with E-state index in [-0.39, 0.29) is 5.56 Å². The number of hydrogen-bond acceptors (Lipinski definition) is 7. The molecule has 1 aliphatic rings. The van der Waals surface area contributed by atoms with Crippen LogP contribution in [0.2, 0.25) is 0 Å². The summed E-state index contributed by atoms with van der Waals surface area (Å²) in [7, 11) is -3.51. The molecule has 0 unspecified atom stereocenters. The molecule has 2 aromatic carbocycles. The molecule has 8 nitrogen and oxygen atoms in total. The van der Waals surface area contributed by atoms with E-state index in [0.29, 0.717) is 48.3 Å². The molecule has 5 rings (SSSR count). The molecule has 1 fully saturated rings. The van der Waals surface area contributed by atoms with Crippen molar-refractivity contribution < 1.29 is 8.42 Å². The number of nitrogens with zero attached hydrogens (tertiary/aromatic N) is 5. The van der Waals surface area contributed by atoms with E-state index in [1.807, 2.05) is 50.2 Å². The monoisotopic (exact) mass is 495 g/mol. The summed E-state index contributed by atoms with van der Waals surface area (Å²) in [4.78, 5) is 20.3. The van der Waals surface area contributed by atoms with Gasteiger partial charge in [0.15, 0.2) is 0 Å². The Morgan fingerprint density at radius 2 is 1.68 bits per heavy atom. The highest BCUT2D eigenvalue weighted by Crippen LogP contribution is 2.25. The zero-order chi connectivity index (χ0) is 23.9. The van der Waals surface area contributed by atoms with Crippen molar-refractivity contribution >= 4 is 26.3 Å². The van der Waals surface area contributed by atoms with Crippen LogP contribution in [0.3, 0.4) is 0 Å². The lowest BCUT2D eigenvalue weighted by Crippen LogP contribution is -2.48. The van der Waals surface area contributed by atoms with Crippen molar-refractivity contribution in [3.63, 3.8) is 0 Å². The Labute approximate surface area is 202 Å². The summed E-state index contributed by atoms with van der Waals surface area (Å²) >= 11 is 1.39. The van der Waals surface area contributed by atoms with Crippen LogP contribution < -0.4 is 5.56 Å². The lowest BCUT2D eigenvalue weighted by Gasteiger charge is -2.33. The van der Waals surface area contributed by atoms with Crippen LogP contribution in [0.15, 0.2) is 64.3 Å². The molecule has 0 atom stereocenters. The molecular weight excluding hydrogens is 470 g/mol. The fourth-order valence-electron chi connectivity index (χ4n) is 4.05. The number of hydrogen-bond donors (Lipinski definition) is 0. The van der Waals surface area contributed by atoms with Crippen molar-refractivity contribution in [2.75, 3.05) is 26.2 Å². The minimum Gasteiger partial charge on any atom is -0.295 e. The number of piperazine rings is 1. The number of benzene rings is 2. The summed E-state index contributed by atoms with van der Waals surface area (Å²) in [5.41, 5.74) is 3.56. The normalized spacial score (nSPS) is 15.7. The first-order valence-corrected chi connectivity index (χ1v) is 13.3. The van der Waals surface area contributed by atoms with Crippen molar-refractivity contribution in [2.45, 2.75) is 25.3 Å². The van der Waals surface area contributed by atoms with E-state index in [0.717, 1.165) is 21.7 Å². The molecular formula is C24H25N5O3S2. The number of aromatic nitrogens is 3. The zero-order valence-corrected chi connectivity index (χ0v) is 20.6. The van der Waals surface area contributed by atoms with Gasteiger partial charge in [0, 0.05) is 44.4 Å². The lowest BCUT2D eigenvalue weighted by molar-refractivity contribution is 0.180. The second kappa shape index (κ2) is 9.03. The summed E-state index contributed by atoms with van der Waals surface area (Å²) in [5, 5.41) is 5.21. The Morgan fingerprint density at radius 3 is 2.38 bits per heavy atom. The van der Waals surface area contributed by atoms with E-state index in [1.165, 1.54) is 26.2 Å². The van der Waals surface area contributed by atoms with E-state index in [1.54, 1.807) is 12.1 Å².